The van der Waals surface area contributed by atoms with Crippen molar-refractivity contribution in [2.75, 3.05) is 33.4 Å². The molecule has 0 aromatic carbocycles. The summed E-state index contributed by atoms with van der Waals surface area (Å²) in [5, 5.41) is 10.3. The van der Waals surface area contributed by atoms with Crippen molar-refractivity contribution in [2.24, 2.45) is 0 Å². The Balaban J connectivity index is 1.78. The first kappa shape index (κ1) is 13.8. The molecule has 2 rings (SSSR count). The van der Waals surface area contributed by atoms with Crippen LogP contribution in [-0.2, 0) is 14.3 Å². The van der Waals surface area contributed by atoms with Crippen molar-refractivity contribution in [1.82, 2.24) is 4.90 Å². The molecule has 2 fully saturated rings. The van der Waals surface area contributed by atoms with Crippen LogP contribution in [0.4, 0.5) is 0 Å². The Kier molecular flexibility index (Phi) is 4.59. The number of nitrogens with zero attached hydrogens (tertiary/aromatic N) is 1. The van der Waals surface area contributed by atoms with Gasteiger partial charge in [-0.15, -0.1) is 0 Å². The second-order valence-corrected chi connectivity index (χ2v) is 5.43. The minimum atomic E-state index is -0.779. The second-order valence-electron chi connectivity index (χ2n) is 5.43. The van der Waals surface area contributed by atoms with Gasteiger partial charge < -0.3 is 19.5 Å². The van der Waals surface area contributed by atoms with Gasteiger partial charge in [0.1, 0.15) is 0 Å². The summed E-state index contributed by atoms with van der Waals surface area (Å²) in [5.74, 6) is 0.0572. The Morgan fingerprint density at radius 1 is 1.39 bits per heavy atom. The van der Waals surface area contributed by atoms with E-state index in [-0.39, 0.29) is 12.0 Å². The molecule has 5 heteroatoms. The van der Waals surface area contributed by atoms with Crippen LogP contribution in [0.2, 0.25) is 0 Å². The summed E-state index contributed by atoms with van der Waals surface area (Å²) in [5.41, 5.74) is -0.779. The predicted octanol–water partition coefficient (Wildman–Crippen LogP) is 0.555. The third-order valence-corrected chi connectivity index (χ3v) is 3.81. The van der Waals surface area contributed by atoms with E-state index in [0.717, 1.165) is 19.4 Å². The molecule has 0 spiro atoms. The van der Waals surface area contributed by atoms with Crippen molar-refractivity contribution in [3.05, 3.63) is 0 Å². The first-order valence-electron chi connectivity index (χ1n) is 6.75. The molecule has 0 bridgehead atoms. The number of amides is 1. The monoisotopic (exact) mass is 257 g/mol. The third-order valence-electron chi connectivity index (χ3n) is 3.81. The second kappa shape index (κ2) is 5.99. The van der Waals surface area contributed by atoms with Gasteiger partial charge in [0.15, 0.2) is 0 Å². The van der Waals surface area contributed by atoms with Crippen molar-refractivity contribution in [1.29, 1.82) is 0 Å². The molecule has 5 nitrogen and oxygen atoms in total. The molecule has 1 atom stereocenters. The van der Waals surface area contributed by atoms with Gasteiger partial charge >= 0.3 is 0 Å². The normalized spacial score (nSPS) is 27.1. The fourth-order valence-electron chi connectivity index (χ4n) is 2.60. The van der Waals surface area contributed by atoms with Gasteiger partial charge in [-0.2, -0.15) is 0 Å². The van der Waals surface area contributed by atoms with Gasteiger partial charge in [-0.3, -0.25) is 4.79 Å². The van der Waals surface area contributed by atoms with Gasteiger partial charge in [-0.25, -0.2) is 0 Å². The molecule has 0 saturated carbocycles. The molecule has 0 aromatic rings. The van der Waals surface area contributed by atoms with E-state index in [4.69, 9.17) is 9.47 Å². The summed E-state index contributed by atoms with van der Waals surface area (Å²) < 4.78 is 10.7. The first-order chi connectivity index (χ1) is 8.59. The van der Waals surface area contributed by atoms with Crippen LogP contribution in [0.25, 0.3) is 0 Å². The molecule has 1 unspecified atom stereocenters. The summed E-state index contributed by atoms with van der Waals surface area (Å²) in [6.07, 6.45) is 3.72. The largest absolute Gasteiger partial charge is 0.388 e. The number of hydrogen-bond donors (Lipinski definition) is 1. The SMILES string of the molecule is CN(CC1(O)CCOCC1)C(=O)CC1CCCO1. The number of carbonyl (C=O) groups excluding carboxylic acids is 1. The zero-order chi connectivity index (χ0) is 13.0. The van der Waals surface area contributed by atoms with E-state index in [2.05, 4.69) is 0 Å². The maximum Gasteiger partial charge on any atom is 0.225 e. The minimum absolute atomic E-state index is 0.0572. The third kappa shape index (κ3) is 3.67. The average molecular weight is 257 g/mol. The van der Waals surface area contributed by atoms with E-state index in [1.54, 1.807) is 11.9 Å². The van der Waals surface area contributed by atoms with Gasteiger partial charge in [-0.1, -0.05) is 0 Å². The molecule has 18 heavy (non-hydrogen) atoms. The molecular weight excluding hydrogens is 234 g/mol. The predicted molar refractivity (Wildman–Crippen MR) is 66.2 cm³/mol. The molecular formula is C13H23NO4. The fourth-order valence-corrected chi connectivity index (χ4v) is 2.60. The Morgan fingerprint density at radius 3 is 2.72 bits per heavy atom. The van der Waals surface area contributed by atoms with E-state index in [1.165, 1.54) is 0 Å². The Hall–Kier alpha value is -0.650. The van der Waals surface area contributed by atoms with E-state index in [1.807, 2.05) is 0 Å². The van der Waals surface area contributed by atoms with Crippen LogP contribution in [0, 0.1) is 0 Å². The van der Waals surface area contributed by atoms with E-state index < -0.39 is 5.60 Å². The standard InChI is InChI=1S/C13H23NO4/c1-14(10-13(16)4-7-17-8-5-13)12(15)9-11-3-2-6-18-11/h11,16H,2-10H2,1H3. The van der Waals surface area contributed by atoms with Gasteiger partial charge in [0.05, 0.1) is 18.1 Å². The highest BCUT2D eigenvalue weighted by molar-refractivity contribution is 5.76. The van der Waals surface area contributed by atoms with Gasteiger partial charge in [-0.05, 0) is 12.8 Å². The Labute approximate surface area is 108 Å². The number of hydrogen-bond acceptors (Lipinski definition) is 4. The lowest BCUT2D eigenvalue weighted by atomic mass is 9.94. The van der Waals surface area contributed by atoms with E-state index >= 15 is 0 Å². The maximum absolute atomic E-state index is 12.0. The van der Waals surface area contributed by atoms with Gasteiger partial charge in [0.2, 0.25) is 5.91 Å². The highest BCUT2D eigenvalue weighted by Crippen LogP contribution is 2.22. The zero-order valence-electron chi connectivity index (χ0n) is 11.1. The number of carbonyl (C=O) groups is 1. The quantitative estimate of drug-likeness (QED) is 0.799. The van der Waals surface area contributed by atoms with Crippen LogP contribution in [0.1, 0.15) is 32.1 Å². The topological polar surface area (TPSA) is 59.0 Å². The van der Waals surface area contributed by atoms with Crippen LogP contribution < -0.4 is 0 Å². The van der Waals surface area contributed by atoms with Crippen molar-refractivity contribution < 1.29 is 19.4 Å². The number of ether oxygens (including phenoxy) is 2. The number of rotatable bonds is 4. The number of aliphatic hydroxyl groups is 1. The van der Waals surface area contributed by atoms with E-state index in [0.29, 0.717) is 39.0 Å². The Bertz CT molecular complexity index is 283. The molecule has 1 N–H and O–H groups in total. The molecule has 2 heterocycles. The zero-order valence-corrected chi connectivity index (χ0v) is 11.1. The molecule has 104 valence electrons. The summed E-state index contributed by atoms with van der Waals surface area (Å²) in [4.78, 5) is 13.7. The first-order valence-corrected chi connectivity index (χ1v) is 6.75. The van der Waals surface area contributed by atoms with Crippen molar-refractivity contribution in [2.45, 2.75) is 43.8 Å². The molecule has 0 aromatic heterocycles. The van der Waals surface area contributed by atoms with E-state index in [9.17, 15) is 9.90 Å². The van der Waals surface area contributed by atoms with Crippen LogP contribution in [0.5, 0.6) is 0 Å². The molecule has 0 aliphatic carbocycles. The highest BCUT2D eigenvalue weighted by atomic mass is 16.5. The molecule has 2 saturated heterocycles. The Morgan fingerprint density at radius 2 is 2.11 bits per heavy atom. The molecule has 2 aliphatic heterocycles. The van der Waals surface area contributed by atoms with Gasteiger partial charge in [0, 0.05) is 46.3 Å². The van der Waals surface area contributed by atoms with Crippen molar-refractivity contribution in [3.8, 4) is 0 Å². The highest BCUT2D eigenvalue weighted by Gasteiger charge is 2.33. The smallest absolute Gasteiger partial charge is 0.225 e. The van der Waals surface area contributed by atoms with Crippen LogP contribution >= 0.6 is 0 Å². The van der Waals surface area contributed by atoms with Crippen molar-refractivity contribution >= 4 is 5.91 Å². The van der Waals surface area contributed by atoms with Crippen LogP contribution in [0.3, 0.4) is 0 Å². The van der Waals surface area contributed by atoms with Gasteiger partial charge in [0.25, 0.3) is 0 Å². The summed E-state index contributed by atoms with van der Waals surface area (Å²) in [6.45, 7) is 2.30. The average Bonchev–Trinajstić information content (AvgIpc) is 2.82. The number of likely N-dealkylation sites (N-methyl/N-ethyl adjacent to an activating group) is 1. The van der Waals surface area contributed by atoms with Crippen molar-refractivity contribution in [3.63, 3.8) is 0 Å². The summed E-state index contributed by atoms with van der Waals surface area (Å²) in [7, 11) is 1.75. The molecule has 2 aliphatic rings. The lowest BCUT2D eigenvalue weighted by Crippen LogP contribution is -2.47. The lowest BCUT2D eigenvalue weighted by molar-refractivity contribution is -0.138. The molecule has 0 radical (unpaired) electrons. The molecule has 1 amide bonds. The van der Waals surface area contributed by atoms with Crippen LogP contribution in [0.15, 0.2) is 0 Å². The fraction of sp³-hybridized carbons (Fsp3) is 0.923. The summed E-state index contributed by atoms with van der Waals surface area (Å²) in [6, 6.07) is 0. The lowest BCUT2D eigenvalue weighted by Gasteiger charge is -2.35. The summed E-state index contributed by atoms with van der Waals surface area (Å²) >= 11 is 0. The minimum Gasteiger partial charge on any atom is -0.388 e. The van der Waals surface area contributed by atoms with Crippen LogP contribution in [-0.4, -0.2) is 61.0 Å². The maximum atomic E-state index is 12.0.